The molecule has 5 rings (SSSR count). The number of nitrogens with zero attached hydrogens (tertiary/aromatic N) is 3. The first kappa shape index (κ1) is 14.7. The second kappa shape index (κ2) is 5.75. The van der Waals surface area contributed by atoms with Crippen molar-refractivity contribution < 1.29 is 0 Å². The number of hydrogen-bond acceptors (Lipinski definition) is 5. The van der Waals surface area contributed by atoms with Crippen molar-refractivity contribution in [1.29, 1.82) is 0 Å². The zero-order valence-electron chi connectivity index (χ0n) is 13.2. The number of rotatable bonds is 3. The summed E-state index contributed by atoms with van der Waals surface area (Å²) in [5.74, 6) is 0. The second-order valence-corrected chi connectivity index (χ2v) is 7.50. The van der Waals surface area contributed by atoms with Gasteiger partial charge in [-0.05, 0) is 5.56 Å². The van der Waals surface area contributed by atoms with Gasteiger partial charge in [0.25, 0.3) is 0 Å². The summed E-state index contributed by atoms with van der Waals surface area (Å²) >= 11 is 3.22. The van der Waals surface area contributed by atoms with Crippen LogP contribution >= 0.6 is 22.7 Å². The molecule has 1 atom stereocenters. The number of hydrogen-bond donors (Lipinski definition) is 1. The predicted molar refractivity (Wildman–Crippen MR) is 102 cm³/mol. The number of benzene rings is 1. The first-order chi connectivity index (χ1) is 12.4. The van der Waals surface area contributed by atoms with Crippen molar-refractivity contribution in [2.24, 2.45) is 0 Å². The van der Waals surface area contributed by atoms with Crippen molar-refractivity contribution >= 4 is 28.7 Å². The van der Waals surface area contributed by atoms with Crippen molar-refractivity contribution in [2.75, 3.05) is 0 Å². The molecule has 6 heteroatoms. The summed E-state index contributed by atoms with van der Waals surface area (Å²) < 4.78 is 0. The first-order valence-corrected chi connectivity index (χ1v) is 9.85. The van der Waals surface area contributed by atoms with Crippen LogP contribution in [0.4, 0.5) is 0 Å². The van der Waals surface area contributed by atoms with Gasteiger partial charge in [0.2, 0.25) is 0 Å². The molecule has 122 valence electrons. The standard InChI is InChI=1S/C19H14N4S2/c1-2-4-13(5-3-1)19(17-10-25-12-21-17)7-6-14-15(8-19)22-23-18(14)16-9-24-11-20-16/h1-7,9-12H,8H2,(H,22,23). The Balaban J connectivity index is 1.66. The fraction of sp³-hybridized carbons (Fsp3) is 0.105. The van der Waals surface area contributed by atoms with Gasteiger partial charge in [0.05, 0.1) is 22.1 Å². The molecule has 3 aromatic heterocycles. The first-order valence-electron chi connectivity index (χ1n) is 7.96. The summed E-state index contributed by atoms with van der Waals surface area (Å²) in [5, 5.41) is 11.9. The zero-order chi connectivity index (χ0) is 16.7. The normalized spacial score (nSPS) is 19.0. The summed E-state index contributed by atoms with van der Waals surface area (Å²) in [6, 6.07) is 10.6. The molecule has 0 bridgehead atoms. The van der Waals surface area contributed by atoms with Gasteiger partial charge in [0.1, 0.15) is 11.4 Å². The van der Waals surface area contributed by atoms with E-state index in [1.54, 1.807) is 22.7 Å². The molecule has 0 amide bonds. The van der Waals surface area contributed by atoms with Crippen molar-refractivity contribution in [2.45, 2.75) is 11.8 Å². The molecular formula is C19H14N4S2. The van der Waals surface area contributed by atoms with Gasteiger partial charge in [-0.2, -0.15) is 5.10 Å². The Labute approximate surface area is 152 Å². The van der Waals surface area contributed by atoms with Crippen LogP contribution in [-0.4, -0.2) is 20.2 Å². The van der Waals surface area contributed by atoms with E-state index in [-0.39, 0.29) is 5.41 Å². The number of H-pyrrole nitrogens is 1. The SMILES string of the molecule is C1=CC(c2ccccc2)(c2cscn2)Cc2[nH]nc(-c3cscn3)c21. The highest BCUT2D eigenvalue weighted by Gasteiger charge is 2.38. The van der Waals surface area contributed by atoms with E-state index in [0.717, 1.165) is 34.8 Å². The van der Waals surface area contributed by atoms with Gasteiger partial charge in [-0.3, -0.25) is 5.10 Å². The number of aromatic nitrogens is 4. The second-order valence-electron chi connectivity index (χ2n) is 6.06. The molecule has 0 radical (unpaired) electrons. The molecule has 1 aliphatic rings. The predicted octanol–water partition coefficient (Wildman–Crippen LogP) is 4.55. The Hall–Kier alpha value is -2.57. The van der Waals surface area contributed by atoms with Gasteiger partial charge in [0.15, 0.2) is 0 Å². The summed E-state index contributed by atoms with van der Waals surface area (Å²) in [6.45, 7) is 0. The van der Waals surface area contributed by atoms with Crippen LogP contribution in [0.2, 0.25) is 0 Å². The van der Waals surface area contributed by atoms with Crippen molar-refractivity contribution in [3.05, 3.63) is 80.7 Å². The fourth-order valence-corrected chi connectivity index (χ4v) is 4.65. The van der Waals surface area contributed by atoms with E-state index in [0.29, 0.717) is 0 Å². The quantitative estimate of drug-likeness (QED) is 0.582. The number of aromatic amines is 1. The summed E-state index contributed by atoms with van der Waals surface area (Å²) in [4.78, 5) is 9.04. The molecule has 0 saturated heterocycles. The van der Waals surface area contributed by atoms with Crippen molar-refractivity contribution in [1.82, 2.24) is 20.2 Å². The lowest BCUT2D eigenvalue weighted by atomic mass is 9.71. The van der Waals surface area contributed by atoms with Gasteiger partial charge < -0.3 is 0 Å². The lowest BCUT2D eigenvalue weighted by Gasteiger charge is -2.32. The molecule has 1 unspecified atom stereocenters. The minimum Gasteiger partial charge on any atom is -0.281 e. The molecule has 3 heterocycles. The van der Waals surface area contributed by atoms with Crippen molar-refractivity contribution in [3.8, 4) is 11.4 Å². The van der Waals surface area contributed by atoms with Gasteiger partial charge >= 0.3 is 0 Å². The minimum absolute atomic E-state index is 0.264. The largest absolute Gasteiger partial charge is 0.281 e. The Bertz CT molecular complexity index is 1020. The molecule has 4 nitrogen and oxygen atoms in total. The third-order valence-corrected chi connectivity index (χ3v) is 5.90. The average Bonchev–Trinajstić information content (AvgIpc) is 3.42. The van der Waals surface area contributed by atoms with Gasteiger partial charge in [-0.1, -0.05) is 42.5 Å². The van der Waals surface area contributed by atoms with Crippen LogP contribution in [-0.2, 0) is 11.8 Å². The van der Waals surface area contributed by atoms with E-state index >= 15 is 0 Å². The molecule has 0 fully saturated rings. The number of fused-ring (bicyclic) bond motifs is 1. The maximum absolute atomic E-state index is 4.64. The Morgan fingerprint density at radius 3 is 2.60 bits per heavy atom. The summed E-state index contributed by atoms with van der Waals surface area (Å²) in [5.41, 5.74) is 9.91. The Kier molecular flexibility index (Phi) is 3.39. The van der Waals surface area contributed by atoms with Crippen LogP contribution in [0.1, 0.15) is 22.5 Å². The Morgan fingerprint density at radius 1 is 1.00 bits per heavy atom. The van der Waals surface area contributed by atoms with E-state index < -0.39 is 0 Å². The van der Waals surface area contributed by atoms with Gasteiger partial charge in [-0.25, -0.2) is 9.97 Å². The van der Waals surface area contributed by atoms with E-state index in [2.05, 4.69) is 62.0 Å². The smallest absolute Gasteiger partial charge is 0.119 e. The third-order valence-electron chi connectivity index (χ3n) is 4.73. The maximum Gasteiger partial charge on any atom is 0.119 e. The van der Waals surface area contributed by atoms with Crippen LogP contribution < -0.4 is 0 Å². The van der Waals surface area contributed by atoms with Crippen LogP contribution in [0.15, 0.2) is 58.2 Å². The molecule has 4 aromatic rings. The summed E-state index contributed by atoms with van der Waals surface area (Å²) in [7, 11) is 0. The molecular weight excluding hydrogens is 348 g/mol. The van der Waals surface area contributed by atoms with E-state index in [4.69, 9.17) is 0 Å². The number of nitrogens with one attached hydrogen (secondary N) is 1. The molecule has 0 spiro atoms. The average molecular weight is 362 g/mol. The molecule has 0 saturated carbocycles. The fourth-order valence-electron chi connectivity index (χ4n) is 3.48. The molecule has 25 heavy (non-hydrogen) atoms. The molecule has 1 N–H and O–H groups in total. The highest BCUT2D eigenvalue weighted by atomic mass is 32.1. The maximum atomic E-state index is 4.64. The van der Waals surface area contributed by atoms with Crippen LogP contribution in [0.5, 0.6) is 0 Å². The van der Waals surface area contributed by atoms with Crippen LogP contribution in [0.25, 0.3) is 17.5 Å². The van der Waals surface area contributed by atoms with Gasteiger partial charge in [0, 0.05) is 28.4 Å². The lowest BCUT2D eigenvalue weighted by Crippen LogP contribution is -2.30. The lowest BCUT2D eigenvalue weighted by molar-refractivity contribution is 0.605. The molecule has 0 aliphatic heterocycles. The summed E-state index contributed by atoms with van der Waals surface area (Å²) in [6.07, 6.45) is 5.25. The minimum atomic E-state index is -0.264. The van der Waals surface area contributed by atoms with E-state index in [9.17, 15) is 0 Å². The van der Waals surface area contributed by atoms with Crippen LogP contribution in [0, 0.1) is 0 Å². The Morgan fingerprint density at radius 2 is 1.84 bits per heavy atom. The van der Waals surface area contributed by atoms with E-state index in [1.165, 1.54) is 5.56 Å². The van der Waals surface area contributed by atoms with Crippen LogP contribution in [0.3, 0.4) is 0 Å². The van der Waals surface area contributed by atoms with Crippen molar-refractivity contribution in [3.63, 3.8) is 0 Å². The third kappa shape index (κ3) is 2.29. The molecule has 1 aromatic carbocycles. The van der Waals surface area contributed by atoms with E-state index in [1.807, 2.05) is 22.5 Å². The highest BCUT2D eigenvalue weighted by Crippen LogP contribution is 2.42. The number of thiazole rings is 2. The van der Waals surface area contributed by atoms with Gasteiger partial charge in [-0.15, -0.1) is 22.7 Å². The monoisotopic (exact) mass is 362 g/mol. The number of allylic oxidation sites excluding steroid dienone is 1. The zero-order valence-corrected chi connectivity index (χ0v) is 14.8. The topological polar surface area (TPSA) is 54.5 Å². The molecule has 1 aliphatic carbocycles. The highest BCUT2D eigenvalue weighted by molar-refractivity contribution is 7.08.